The van der Waals surface area contributed by atoms with Gasteiger partial charge < -0.3 is 4.74 Å². The topological polar surface area (TPSA) is 26.3 Å². The van der Waals surface area contributed by atoms with E-state index < -0.39 is 0 Å². The Morgan fingerprint density at radius 3 is 2.14 bits per heavy atom. The molecule has 0 unspecified atom stereocenters. The van der Waals surface area contributed by atoms with Crippen molar-refractivity contribution in [2.24, 2.45) is 0 Å². The number of rotatable bonds is 13. The summed E-state index contributed by atoms with van der Waals surface area (Å²) in [6.07, 6.45) is 24.1. The lowest BCUT2D eigenvalue weighted by Gasteiger charge is -1.99. The van der Waals surface area contributed by atoms with E-state index in [0.717, 1.165) is 44.9 Å². The zero-order valence-electron chi connectivity index (χ0n) is 13.9. The van der Waals surface area contributed by atoms with Crippen LogP contribution in [0.3, 0.4) is 0 Å². The summed E-state index contributed by atoms with van der Waals surface area (Å²) in [4.78, 5) is 10.9. The molecule has 0 aromatic carbocycles. The van der Waals surface area contributed by atoms with Crippen molar-refractivity contribution in [2.75, 3.05) is 7.11 Å². The van der Waals surface area contributed by atoms with Crippen molar-refractivity contribution in [1.82, 2.24) is 0 Å². The summed E-state index contributed by atoms with van der Waals surface area (Å²) in [5.74, 6) is -0.0897. The first-order valence-corrected chi connectivity index (χ1v) is 8.33. The Morgan fingerprint density at radius 1 is 0.810 bits per heavy atom. The SMILES string of the molecule is CC/C=C/C/C=C/CC/C=C/CCCCCCC(=O)OC. The Hall–Kier alpha value is -1.31. The van der Waals surface area contributed by atoms with Gasteiger partial charge in [0.05, 0.1) is 7.11 Å². The van der Waals surface area contributed by atoms with Gasteiger partial charge in [0, 0.05) is 6.42 Å². The fourth-order valence-corrected chi connectivity index (χ4v) is 1.97. The molecule has 0 atom stereocenters. The van der Waals surface area contributed by atoms with E-state index in [9.17, 15) is 4.79 Å². The van der Waals surface area contributed by atoms with Crippen LogP contribution in [-0.2, 0) is 9.53 Å². The maximum atomic E-state index is 10.9. The van der Waals surface area contributed by atoms with Gasteiger partial charge in [0.15, 0.2) is 0 Å². The van der Waals surface area contributed by atoms with Crippen molar-refractivity contribution >= 4 is 5.97 Å². The zero-order chi connectivity index (χ0) is 15.6. The quantitative estimate of drug-likeness (QED) is 0.245. The van der Waals surface area contributed by atoms with Crippen LogP contribution in [0.5, 0.6) is 0 Å². The standard InChI is InChI=1S/C19H32O2/c1-3-4-5-6-7-8-9-10-11-12-13-14-15-16-17-18-19(20)21-2/h4-5,7-8,11-12H,3,6,9-10,13-18H2,1-2H3/b5-4+,8-7+,12-11+. The lowest BCUT2D eigenvalue weighted by molar-refractivity contribution is -0.140. The second kappa shape index (κ2) is 16.7. The van der Waals surface area contributed by atoms with E-state index in [4.69, 9.17) is 0 Å². The molecule has 120 valence electrons. The first-order chi connectivity index (χ1) is 10.3. The number of esters is 1. The van der Waals surface area contributed by atoms with Crippen LogP contribution in [0.4, 0.5) is 0 Å². The maximum absolute atomic E-state index is 10.9. The Balaban J connectivity index is 3.26. The largest absolute Gasteiger partial charge is 0.469 e. The van der Waals surface area contributed by atoms with Crippen LogP contribution in [0.2, 0.25) is 0 Å². The predicted octanol–water partition coefficient (Wildman–Crippen LogP) is 5.75. The molecule has 0 saturated carbocycles. The lowest BCUT2D eigenvalue weighted by Crippen LogP contribution is -1.98. The highest BCUT2D eigenvalue weighted by molar-refractivity contribution is 5.68. The van der Waals surface area contributed by atoms with Crippen LogP contribution >= 0.6 is 0 Å². The predicted molar refractivity (Wildman–Crippen MR) is 91.3 cm³/mol. The molecule has 2 heteroatoms. The van der Waals surface area contributed by atoms with Crippen LogP contribution in [0.1, 0.15) is 71.1 Å². The van der Waals surface area contributed by atoms with Gasteiger partial charge in [-0.05, 0) is 44.9 Å². The van der Waals surface area contributed by atoms with Crippen molar-refractivity contribution in [3.05, 3.63) is 36.5 Å². The summed E-state index contributed by atoms with van der Waals surface area (Å²) in [7, 11) is 1.45. The Labute approximate surface area is 131 Å². The van der Waals surface area contributed by atoms with Crippen LogP contribution in [0.15, 0.2) is 36.5 Å². The third-order valence-corrected chi connectivity index (χ3v) is 3.24. The number of methoxy groups -OCH3 is 1. The second-order valence-corrected chi connectivity index (χ2v) is 5.16. The fraction of sp³-hybridized carbons (Fsp3) is 0.632. The number of hydrogen-bond acceptors (Lipinski definition) is 2. The molecule has 0 radical (unpaired) electrons. The minimum atomic E-state index is -0.0897. The normalized spacial score (nSPS) is 11.9. The molecule has 0 aliphatic carbocycles. The summed E-state index contributed by atoms with van der Waals surface area (Å²) in [6.45, 7) is 2.16. The average Bonchev–Trinajstić information content (AvgIpc) is 2.50. The molecule has 0 aromatic heterocycles. The Kier molecular flexibility index (Phi) is 15.7. The van der Waals surface area contributed by atoms with Gasteiger partial charge in [-0.1, -0.05) is 56.2 Å². The minimum Gasteiger partial charge on any atom is -0.469 e. The third-order valence-electron chi connectivity index (χ3n) is 3.24. The molecule has 0 bridgehead atoms. The second-order valence-electron chi connectivity index (χ2n) is 5.16. The molecule has 0 N–H and O–H groups in total. The van der Waals surface area contributed by atoms with Crippen LogP contribution in [0, 0.1) is 0 Å². The number of unbranched alkanes of at least 4 members (excludes halogenated alkanes) is 5. The van der Waals surface area contributed by atoms with E-state index in [2.05, 4.69) is 48.1 Å². The number of ether oxygens (including phenoxy) is 1. The molecule has 0 aliphatic heterocycles. The molecule has 2 nitrogen and oxygen atoms in total. The van der Waals surface area contributed by atoms with Gasteiger partial charge in [0.25, 0.3) is 0 Å². The molecule has 0 aromatic rings. The Bertz CT molecular complexity index is 314. The highest BCUT2D eigenvalue weighted by Crippen LogP contribution is 2.07. The van der Waals surface area contributed by atoms with Gasteiger partial charge in [0.1, 0.15) is 0 Å². The smallest absolute Gasteiger partial charge is 0.305 e. The number of carbonyl (C=O) groups is 1. The molecule has 21 heavy (non-hydrogen) atoms. The molecule has 0 aliphatic rings. The third kappa shape index (κ3) is 16.6. The fourth-order valence-electron chi connectivity index (χ4n) is 1.97. The van der Waals surface area contributed by atoms with Gasteiger partial charge in [0.2, 0.25) is 0 Å². The van der Waals surface area contributed by atoms with Crippen molar-refractivity contribution in [3.63, 3.8) is 0 Å². The van der Waals surface area contributed by atoms with Crippen molar-refractivity contribution in [1.29, 1.82) is 0 Å². The van der Waals surface area contributed by atoms with Gasteiger partial charge >= 0.3 is 5.97 Å². The van der Waals surface area contributed by atoms with Crippen LogP contribution in [0.25, 0.3) is 0 Å². The molecular weight excluding hydrogens is 260 g/mol. The summed E-state index contributed by atoms with van der Waals surface area (Å²) >= 11 is 0. The summed E-state index contributed by atoms with van der Waals surface area (Å²) in [6, 6.07) is 0. The van der Waals surface area contributed by atoms with Crippen molar-refractivity contribution in [3.8, 4) is 0 Å². The zero-order valence-corrected chi connectivity index (χ0v) is 13.9. The molecule has 0 heterocycles. The monoisotopic (exact) mass is 292 g/mol. The molecule has 0 rings (SSSR count). The van der Waals surface area contributed by atoms with Crippen LogP contribution in [-0.4, -0.2) is 13.1 Å². The van der Waals surface area contributed by atoms with Gasteiger partial charge in [-0.25, -0.2) is 0 Å². The number of allylic oxidation sites excluding steroid dienone is 6. The first kappa shape index (κ1) is 19.7. The highest BCUT2D eigenvalue weighted by atomic mass is 16.5. The van der Waals surface area contributed by atoms with Gasteiger partial charge in [-0.3, -0.25) is 4.79 Å². The molecule has 0 spiro atoms. The molecule has 0 fully saturated rings. The van der Waals surface area contributed by atoms with E-state index in [1.807, 2.05) is 0 Å². The Morgan fingerprint density at radius 2 is 1.43 bits per heavy atom. The van der Waals surface area contributed by atoms with Crippen molar-refractivity contribution in [2.45, 2.75) is 71.1 Å². The van der Waals surface area contributed by atoms with Gasteiger partial charge in [-0.2, -0.15) is 0 Å². The maximum Gasteiger partial charge on any atom is 0.305 e. The van der Waals surface area contributed by atoms with Crippen LogP contribution < -0.4 is 0 Å². The lowest BCUT2D eigenvalue weighted by atomic mass is 10.1. The van der Waals surface area contributed by atoms with Crippen molar-refractivity contribution < 1.29 is 9.53 Å². The van der Waals surface area contributed by atoms with E-state index in [1.54, 1.807) is 0 Å². The summed E-state index contributed by atoms with van der Waals surface area (Å²) in [5, 5.41) is 0. The number of carbonyl (C=O) groups excluding carboxylic acids is 1. The average molecular weight is 292 g/mol. The summed E-state index contributed by atoms with van der Waals surface area (Å²) in [5.41, 5.74) is 0. The number of hydrogen-bond donors (Lipinski definition) is 0. The van der Waals surface area contributed by atoms with E-state index in [1.165, 1.54) is 20.0 Å². The van der Waals surface area contributed by atoms with Gasteiger partial charge in [-0.15, -0.1) is 0 Å². The summed E-state index contributed by atoms with van der Waals surface area (Å²) < 4.78 is 4.61. The van der Waals surface area contributed by atoms with E-state index in [0.29, 0.717) is 6.42 Å². The molecule has 0 saturated heterocycles. The highest BCUT2D eigenvalue weighted by Gasteiger charge is 1.98. The first-order valence-electron chi connectivity index (χ1n) is 8.33. The van der Waals surface area contributed by atoms with E-state index in [-0.39, 0.29) is 5.97 Å². The molecule has 0 amide bonds. The minimum absolute atomic E-state index is 0.0897. The van der Waals surface area contributed by atoms with E-state index >= 15 is 0 Å². The molecular formula is C19H32O2.